The zero-order valence-corrected chi connectivity index (χ0v) is 12.3. The number of carbonyl (C=O) groups excluding carboxylic acids is 1. The first-order chi connectivity index (χ1) is 9.53. The highest BCUT2D eigenvalue weighted by Gasteiger charge is 2.41. The fourth-order valence-corrected chi connectivity index (χ4v) is 2.39. The maximum atomic E-state index is 12.0. The Morgan fingerprint density at radius 3 is 2.85 bits per heavy atom. The zero-order chi connectivity index (χ0) is 14.6. The van der Waals surface area contributed by atoms with E-state index in [9.17, 15) is 4.79 Å². The first kappa shape index (κ1) is 14.9. The zero-order valence-electron chi connectivity index (χ0n) is 12.3. The maximum Gasteiger partial charge on any atom is 0.223 e. The normalized spacial score (nSPS) is 17.4. The second-order valence-corrected chi connectivity index (χ2v) is 5.86. The van der Waals surface area contributed by atoms with Gasteiger partial charge >= 0.3 is 0 Å². The molecule has 1 aliphatic carbocycles. The Kier molecular flexibility index (Phi) is 4.65. The lowest BCUT2D eigenvalue weighted by atomic mass is 9.96. The fourth-order valence-electron chi connectivity index (χ4n) is 2.39. The van der Waals surface area contributed by atoms with Crippen LogP contribution in [-0.4, -0.2) is 24.6 Å². The smallest absolute Gasteiger partial charge is 0.223 e. The van der Waals surface area contributed by atoms with Gasteiger partial charge in [0.25, 0.3) is 0 Å². The number of benzene rings is 1. The van der Waals surface area contributed by atoms with Gasteiger partial charge in [0.15, 0.2) is 0 Å². The van der Waals surface area contributed by atoms with E-state index in [4.69, 9.17) is 10.5 Å². The van der Waals surface area contributed by atoms with Crippen LogP contribution in [0.4, 0.5) is 0 Å². The number of amides is 1. The molecule has 0 spiro atoms. The average Bonchev–Trinajstić information content (AvgIpc) is 3.23. The molecule has 1 amide bonds. The number of nitrogens with two attached hydrogens (primary N) is 1. The van der Waals surface area contributed by atoms with Crippen molar-refractivity contribution in [3.63, 3.8) is 0 Å². The molecule has 1 fully saturated rings. The Bertz CT molecular complexity index is 471. The molecule has 4 heteroatoms. The Labute approximate surface area is 120 Å². The van der Waals surface area contributed by atoms with Crippen LogP contribution < -0.4 is 15.8 Å². The van der Waals surface area contributed by atoms with Crippen LogP contribution in [0.2, 0.25) is 0 Å². The molecule has 0 aliphatic heterocycles. The molecule has 0 saturated heterocycles. The third-order valence-electron chi connectivity index (χ3n) is 3.91. The number of rotatable bonds is 7. The number of ether oxygens (including phenoxy) is 1. The molecule has 2 rings (SSSR count). The van der Waals surface area contributed by atoms with Gasteiger partial charge in [0.2, 0.25) is 5.91 Å². The lowest BCUT2D eigenvalue weighted by Crippen LogP contribution is -2.53. The topological polar surface area (TPSA) is 64.3 Å². The van der Waals surface area contributed by atoms with Crippen LogP contribution in [0.3, 0.4) is 0 Å². The van der Waals surface area contributed by atoms with Gasteiger partial charge in [0.05, 0.1) is 18.6 Å². The van der Waals surface area contributed by atoms with Gasteiger partial charge in [-0.05, 0) is 50.3 Å². The van der Waals surface area contributed by atoms with E-state index in [0.29, 0.717) is 25.5 Å². The van der Waals surface area contributed by atoms with Crippen molar-refractivity contribution in [2.75, 3.05) is 13.2 Å². The minimum atomic E-state index is -0.250. The van der Waals surface area contributed by atoms with Gasteiger partial charge in [0, 0.05) is 6.54 Å². The van der Waals surface area contributed by atoms with Crippen molar-refractivity contribution >= 4 is 5.91 Å². The van der Waals surface area contributed by atoms with Crippen molar-refractivity contribution in [3.05, 3.63) is 29.8 Å². The van der Waals surface area contributed by atoms with E-state index in [2.05, 4.69) is 5.32 Å². The predicted molar refractivity (Wildman–Crippen MR) is 79.6 cm³/mol. The molecule has 1 saturated carbocycles. The quantitative estimate of drug-likeness (QED) is 0.800. The highest BCUT2D eigenvalue weighted by Crippen LogP contribution is 2.38. The number of nitrogens with one attached hydrogen (secondary N) is 1. The number of carbonyl (C=O) groups is 1. The monoisotopic (exact) mass is 276 g/mol. The van der Waals surface area contributed by atoms with Gasteiger partial charge in [-0.1, -0.05) is 12.1 Å². The number of aryl methyl sites for hydroxylation is 1. The third kappa shape index (κ3) is 3.97. The van der Waals surface area contributed by atoms with Crippen LogP contribution in [0.5, 0.6) is 5.75 Å². The van der Waals surface area contributed by atoms with Crippen molar-refractivity contribution in [1.29, 1.82) is 0 Å². The van der Waals surface area contributed by atoms with Crippen LogP contribution in [-0.2, 0) is 4.79 Å². The molecule has 1 aromatic carbocycles. The molecular weight excluding hydrogens is 252 g/mol. The van der Waals surface area contributed by atoms with Gasteiger partial charge in [-0.2, -0.15) is 0 Å². The van der Waals surface area contributed by atoms with Gasteiger partial charge < -0.3 is 15.8 Å². The summed E-state index contributed by atoms with van der Waals surface area (Å²) >= 11 is 0. The van der Waals surface area contributed by atoms with Crippen molar-refractivity contribution in [3.8, 4) is 5.75 Å². The van der Waals surface area contributed by atoms with Crippen LogP contribution in [0.1, 0.15) is 31.7 Å². The Balaban J connectivity index is 1.75. The van der Waals surface area contributed by atoms with Crippen LogP contribution in [0.25, 0.3) is 0 Å². The van der Waals surface area contributed by atoms with Gasteiger partial charge in [-0.3, -0.25) is 4.79 Å². The average molecular weight is 276 g/mol. The second kappa shape index (κ2) is 6.27. The van der Waals surface area contributed by atoms with Crippen LogP contribution >= 0.6 is 0 Å². The molecule has 20 heavy (non-hydrogen) atoms. The van der Waals surface area contributed by atoms with Crippen molar-refractivity contribution in [1.82, 2.24) is 5.32 Å². The SMILES string of the molecule is Cc1cccc(OCCC(=O)NC(C)(CN)C2CC2)c1. The molecular formula is C16H24N2O2. The van der Waals surface area contributed by atoms with E-state index in [0.717, 1.165) is 24.2 Å². The number of hydrogen-bond donors (Lipinski definition) is 2. The van der Waals surface area contributed by atoms with Gasteiger partial charge in [-0.25, -0.2) is 0 Å². The summed E-state index contributed by atoms with van der Waals surface area (Å²) in [5, 5.41) is 3.06. The van der Waals surface area contributed by atoms with Gasteiger partial charge in [-0.15, -0.1) is 0 Å². The molecule has 0 heterocycles. The minimum absolute atomic E-state index is 0.0116. The third-order valence-corrected chi connectivity index (χ3v) is 3.91. The van der Waals surface area contributed by atoms with E-state index in [1.807, 2.05) is 38.1 Å². The standard InChI is InChI=1S/C16H24N2O2/c1-12-4-3-5-14(10-12)20-9-8-15(19)18-16(2,11-17)13-6-7-13/h3-5,10,13H,6-9,11,17H2,1-2H3,(H,18,19). The summed E-state index contributed by atoms with van der Waals surface area (Å²) in [4.78, 5) is 12.0. The molecule has 1 aromatic rings. The van der Waals surface area contributed by atoms with Crippen molar-refractivity contribution < 1.29 is 9.53 Å². The predicted octanol–water partition coefficient (Wildman–Crippen LogP) is 2.01. The van der Waals surface area contributed by atoms with E-state index in [-0.39, 0.29) is 11.4 Å². The molecule has 1 aliphatic rings. The van der Waals surface area contributed by atoms with Gasteiger partial charge in [0.1, 0.15) is 5.75 Å². The lowest BCUT2D eigenvalue weighted by molar-refractivity contribution is -0.123. The molecule has 3 N–H and O–H groups in total. The largest absolute Gasteiger partial charge is 0.493 e. The molecule has 1 atom stereocenters. The van der Waals surface area contributed by atoms with Crippen molar-refractivity contribution in [2.45, 2.75) is 38.6 Å². The summed E-state index contributed by atoms with van der Waals surface area (Å²) in [5.41, 5.74) is 6.69. The second-order valence-electron chi connectivity index (χ2n) is 5.86. The summed E-state index contributed by atoms with van der Waals surface area (Å²) in [6.45, 7) is 4.93. The van der Waals surface area contributed by atoms with E-state index in [1.165, 1.54) is 0 Å². The highest BCUT2D eigenvalue weighted by molar-refractivity contribution is 5.77. The molecule has 0 radical (unpaired) electrons. The molecule has 1 unspecified atom stereocenters. The highest BCUT2D eigenvalue weighted by atomic mass is 16.5. The van der Waals surface area contributed by atoms with E-state index in [1.54, 1.807) is 0 Å². The Morgan fingerprint density at radius 1 is 1.50 bits per heavy atom. The number of hydrogen-bond acceptors (Lipinski definition) is 3. The maximum absolute atomic E-state index is 12.0. The van der Waals surface area contributed by atoms with Crippen molar-refractivity contribution in [2.24, 2.45) is 11.7 Å². The molecule has 4 nitrogen and oxygen atoms in total. The first-order valence-electron chi connectivity index (χ1n) is 7.24. The van der Waals surface area contributed by atoms with E-state index >= 15 is 0 Å². The summed E-state index contributed by atoms with van der Waals surface area (Å²) in [6.07, 6.45) is 2.68. The van der Waals surface area contributed by atoms with E-state index < -0.39 is 0 Å². The first-order valence-corrected chi connectivity index (χ1v) is 7.24. The summed E-state index contributed by atoms with van der Waals surface area (Å²) < 4.78 is 5.59. The summed E-state index contributed by atoms with van der Waals surface area (Å²) in [6, 6.07) is 7.83. The molecule has 0 bridgehead atoms. The summed E-state index contributed by atoms with van der Waals surface area (Å²) in [5.74, 6) is 1.35. The lowest BCUT2D eigenvalue weighted by Gasteiger charge is -2.29. The Morgan fingerprint density at radius 2 is 2.25 bits per heavy atom. The molecule has 0 aromatic heterocycles. The minimum Gasteiger partial charge on any atom is -0.493 e. The Hall–Kier alpha value is -1.55. The van der Waals surface area contributed by atoms with Crippen LogP contribution in [0.15, 0.2) is 24.3 Å². The summed E-state index contributed by atoms with van der Waals surface area (Å²) in [7, 11) is 0. The molecule has 110 valence electrons. The fraction of sp³-hybridized carbons (Fsp3) is 0.562. The van der Waals surface area contributed by atoms with Crippen LogP contribution in [0, 0.1) is 12.8 Å².